The van der Waals surface area contributed by atoms with Gasteiger partial charge in [0.05, 0.1) is 50.8 Å². The second-order valence-electron chi connectivity index (χ2n) is 31.1. The molecule has 4 saturated carbocycles. The summed E-state index contributed by atoms with van der Waals surface area (Å²) in [6, 6.07) is 0. The van der Waals surface area contributed by atoms with E-state index in [9.17, 15) is 86.8 Å². The number of allylic oxidation sites excluding steroid dienone is 2. The van der Waals surface area contributed by atoms with Crippen LogP contribution in [0.25, 0.3) is 0 Å². The fraction of sp³-hybridized carbons (Fsp3) is 0.953. The minimum atomic E-state index is -1.96. The van der Waals surface area contributed by atoms with Gasteiger partial charge in [-0.3, -0.25) is 4.79 Å². The third kappa shape index (κ3) is 12.3. The van der Waals surface area contributed by atoms with Crippen molar-refractivity contribution in [1.29, 1.82) is 0 Å². The van der Waals surface area contributed by atoms with E-state index in [0.717, 1.165) is 5.57 Å². The van der Waals surface area contributed by atoms with Gasteiger partial charge in [-0.15, -0.1) is 0 Å². The predicted octanol–water partition coefficient (Wildman–Crippen LogP) is -4.08. The first kappa shape index (κ1) is 73.3. The van der Waals surface area contributed by atoms with Crippen LogP contribution in [0.3, 0.4) is 0 Å². The molecule has 11 aliphatic rings. The number of hydrogen-bond acceptors (Lipinski definition) is 30. The molecule has 17 N–H and O–H groups in total. The third-order valence-electron chi connectivity index (χ3n) is 24.8. The summed E-state index contributed by atoms with van der Waals surface area (Å²) in [5.41, 5.74) is -2.90. The lowest BCUT2D eigenvalue weighted by Crippen LogP contribution is -2.69. The predicted molar refractivity (Wildman–Crippen MR) is 315 cm³/mol. The van der Waals surface area contributed by atoms with Crippen molar-refractivity contribution in [2.75, 3.05) is 26.4 Å². The number of esters is 1. The second kappa shape index (κ2) is 27.1. The Balaban J connectivity index is 0.811. The van der Waals surface area contributed by atoms with E-state index in [2.05, 4.69) is 54.5 Å². The molecule has 0 unspecified atom stereocenters. The van der Waals surface area contributed by atoms with Gasteiger partial charge in [-0.05, 0) is 116 Å². The molecule has 0 aromatic carbocycles. The SMILES string of the molecule is C[C@@H]1O[C@@H](O[C@@H]2[C@@H](O)[C@H](O[C@H]3CC[C@]4(C)[C@H]5CC=C6[C@@H]7CC(C)(C)CC[C@]7(C(=O)O[C@@H]7OC[C@H](O)[C@H](O)[C@@H]7O[C@@H]7O[C@@H](C)[C@H](O[C@@H]8O[C@H](CO)[C@@H](O)[C@H](O)[C@H]8O)[C@@H](O)[C@H]7O)[C@H](O)C[C@@]6(C)[C@]5(C)CC[C@H]4C3(C)C)O[C@H](CO)[C@H]2O[C@@H]2OC[C@@H](O)[C@H](O)[C@H]2O)[C@H](O)[C@H](O)[C@H]1O. The van der Waals surface area contributed by atoms with Gasteiger partial charge in [0.15, 0.2) is 37.6 Å². The van der Waals surface area contributed by atoms with E-state index in [1.807, 2.05) is 0 Å². The first-order valence-corrected chi connectivity index (χ1v) is 33.5. The summed E-state index contributed by atoms with van der Waals surface area (Å²) >= 11 is 0. The summed E-state index contributed by atoms with van der Waals surface area (Å²) in [6.45, 7) is 15.7. The highest BCUT2D eigenvalue weighted by atomic mass is 16.8. The van der Waals surface area contributed by atoms with E-state index in [1.165, 1.54) is 13.8 Å². The van der Waals surface area contributed by atoms with Crippen molar-refractivity contribution in [1.82, 2.24) is 0 Å². The molecular weight excluding hydrogens is 1250 g/mol. The summed E-state index contributed by atoms with van der Waals surface area (Å²) in [7, 11) is 0. The van der Waals surface area contributed by atoms with Gasteiger partial charge in [-0.25, -0.2) is 0 Å². The monoisotopic (exact) mass is 1350 g/mol. The first-order chi connectivity index (χ1) is 44.0. The molecule has 0 bridgehead atoms. The molecule has 94 heavy (non-hydrogen) atoms. The van der Waals surface area contributed by atoms with E-state index in [4.69, 9.17) is 56.8 Å². The average Bonchev–Trinajstić information content (AvgIpc) is 0.671. The molecule has 6 heterocycles. The summed E-state index contributed by atoms with van der Waals surface area (Å²) in [5, 5.41) is 187. The highest BCUT2D eigenvalue weighted by Crippen LogP contribution is 2.76. The maximum Gasteiger partial charge on any atom is 0.317 e. The molecule has 0 aromatic heterocycles. The van der Waals surface area contributed by atoms with E-state index in [1.54, 1.807) is 0 Å². The number of rotatable bonds is 14. The zero-order valence-electron chi connectivity index (χ0n) is 54.7. The first-order valence-electron chi connectivity index (χ1n) is 33.5. The molecule has 30 heteroatoms. The Kier molecular flexibility index (Phi) is 21.2. The molecule has 0 amide bonds. The Morgan fingerprint density at radius 3 is 1.69 bits per heavy atom. The van der Waals surface area contributed by atoms with Crippen LogP contribution in [0.15, 0.2) is 11.6 Å². The lowest BCUT2D eigenvalue weighted by Gasteiger charge is -2.71. The van der Waals surface area contributed by atoms with E-state index >= 15 is 4.79 Å². The maximum atomic E-state index is 15.5. The molecule has 37 atom stereocenters. The number of carbonyl (C=O) groups excluding carboxylic acids is 1. The minimum absolute atomic E-state index is 0.00613. The van der Waals surface area contributed by atoms with Crippen LogP contribution in [-0.4, -0.2) is 303 Å². The van der Waals surface area contributed by atoms with Crippen LogP contribution in [-0.2, 0) is 61.6 Å². The Morgan fingerprint density at radius 2 is 1.03 bits per heavy atom. The Hall–Kier alpha value is -1.91. The Bertz CT molecular complexity index is 2660. The van der Waals surface area contributed by atoms with Gasteiger partial charge in [0.1, 0.15) is 121 Å². The van der Waals surface area contributed by atoms with Crippen LogP contribution >= 0.6 is 0 Å². The van der Waals surface area contributed by atoms with Crippen molar-refractivity contribution in [2.45, 2.75) is 304 Å². The maximum absolute atomic E-state index is 15.5. The van der Waals surface area contributed by atoms with Gasteiger partial charge < -0.3 is 144 Å². The molecule has 540 valence electrons. The van der Waals surface area contributed by atoms with Gasteiger partial charge in [0.2, 0.25) is 6.29 Å². The summed E-state index contributed by atoms with van der Waals surface area (Å²) in [5.74, 6) is -1.33. The van der Waals surface area contributed by atoms with Gasteiger partial charge in [-0.1, -0.05) is 60.1 Å². The Labute approximate surface area is 545 Å². The van der Waals surface area contributed by atoms with Crippen molar-refractivity contribution in [2.24, 2.45) is 50.2 Å². The van der Waals surface area contributed by atoms with E-state index < -0.39 is 244 Å². The van der Waals surface area contributed by atoms with Gasteiger partial charge in [0.25, 0.3) is 0 Å². The van der Waals surface area contributed by atoms with Crippen LogP contribution in [0.2, 0.25) is 0 Å². The highest BCUT2D eigenvalue weighted by molar-refractivity contribution is 5.80. The van der Waals surface area contributed by atoms with Crippen LogP contribution in [0.4, 0.5) is 0 Å². The zero-order valence-corrected chi connectivity index (χ0v) is 54.7. The van der Waals surface area contributed by atoms with Crippen molar-refractivity contribution >= 4 is 5.97 Å². The minimum Gasteiger partial charge on any atom is -0.432 e. The quantitative estimate of drug-likeness (QED) is 0.0447. The number of aliphatic hydroxyl groups is 17. The van der Waals surface area contributed by atoms with Crippen molar-refractivity contribution < 1.29 is 148 Å². The van der Waals surface area contributed by atoms with E-state index in [0.29, 0.717) is 44.9 Å². The second-order valence-corrected chi connectivity index (χ2v) is 31.1. The molecule has 10 fully saturated rings. The van der Waals surface area contributed by atoms with Gasteiger partial charge in [-0.2, -0.15) is 0 Å². The number of carbonyl (C=O) groups is 1. The molecule has 0 radical (unpaired) electrons. The number of hydrogen-bond donors (Lipinski definition) is 17. The largest absolute Gasteiger partial charge is 0.432 e. The summed E-state index contributed by atoms with van der Waals surface area (Å²) < 4.78 is 72.4. The van der Waals surface area contributed by atoms with Gasteiger partial charge >= 0.3 is 5.97 Å². The van der Waals surface area contributed by atoms with E-state index in [-0.39, 0.29) is 35.5 Å². The molecule has 30 nitrogen and oxygen atoms in total. The molecule has 11 rings (SSSR count). The van der Waals surface area contributed by atoms with Crippen LogP contribution in [0.1, 0.15) is 120 Å². The lowest BCUT2D eigenvalue weighted by molar-refractivity contribution is -0.388. The molecule has 6 aliphatic heterocycles. The number of aliphatic hydroxyl groups excluding tert-OH is 17. The zero-order chi connectivity index (χ0) is 68.6. The van der Waals surface area contributed by atoms with Crippen LogP contribution in [0.5, 0.6) is 0 Å². The standard InChI is InChI=1S/C64H104O30/c1-24-36(70)40(74)44(78)53(85-24)92-50-47(81)56(88-31(21-66)49(50)91-52-43(77)37(71)28(67)22-83-52)89-35-13-14-61(7)32(60(35,5)6)12-15-62(8)33(61)11-10-26-27-18-59(3,4)16-17-64(27,34(69)19-63(26,62)9)58(82)94-57-51(38(72)29(68)23-84-57)93-54-46(80)42(76)48(25(2)86-54)90-55-45(79)41(75)39(73)30(20-65)87-55/h10,24-25,27-57,65-81H,11-23H2,1-9H3/t24-,25-,27-,28+,29-,30+,31+,32-,33+,34+,35-,36-,37-,38-,39+,40+,41-,42-,43+,44+,45+,46+,47+,48-,49+,50+,51-,52-,53-,54-,55-,56-,57-,61-,62+,63+,64+/m0/s1. The molecular formula is C64H104O30. The van der Waals surface area contributed by atoms with Crippen molar-refractivity contribution in [3.8, 4) is 0 Å². The fourth-order valence-corrected chi connectivity index (χ4v) is 18.9. The van der Waals surface area contributed by atoms with Crippen LogP contribution < -0.4 is 0 Å². The lowest BCUT2D eigenvalue weighted by atomic mass is 9.33. The topological polar surface area (TPSA) is 472 Å². The molecule has 0 aromatic rings. The molecule has 6 saturated heterocycles. The molecule has 5 aliphatic carbocycles. The molecule has 0 spiro atoms. The summed E-state index contributed by atoms with van der Waals surface area (Å²) in [6.07, 6.45) is -40.6. The normalized spacial score (nSPS) is 55.0. The third-order valence-corrected chi connectivity index (χ3v) is 24.8. The van der Waals surface area contributed by atoms with Gasteiger partial charge in [0, 0.05) is 0 Å². The van der Waals surface area contributed by atoms with Crippen molar-refractivity contribution in [3.63, 3.8) is 0 Å². The summed E-state index contributed by atoms with van der Waals surface area (Å²) in [4.78, 5) is 15.5. The van der Waals surface area contributed by atoms with Crippen LogP contribution in [0, 0.1) is 50.2 Å². The number of fused-ring (bicyclic) bond motifs is 7. The Morgan fingerprint density at radius 1 is 0.489 bits per heavy atom. The highest BCUT2D eigenvalue weighted by Gasteiger charge is 2.72. The fourth-order valence-electron chi connectivity index (χ4n) is 18.9. The number of ether oxygens (including phenoxy) is 12. The smallest absolute Gasteiger partial charge is 0.317 e. The van der Waals surface area contributed by atoms with Crippen molar-refractivity contribution in [3.05, 3.63) is 11.6 Å². The average molecular weight is 1350 g/mol.